The van der Waals surface area contributed by atoms with Crippen molar-refractivity contribution in [2.45, 2.75) is 58.9 Å². The Morgan fingerprint density at radius 3 is 2.65 bits per heavy atom. The summed E-state index contributed by atoms with van der Waals surface area (Å²) < 4.78 is 0. The van der Waals surface area contributed by atoms with E-state index in [1.807, 2.05) is 0 Å². The van der Waals surface area contributed by atoms with Crippen LogP contribution >= 0.6 is 0 Å². The molecule has 1 heterocycles. The minimum atomic E-state index is 0.625. The fourth-order valence-electron chi connectivity index (χ4n) is 3.69. The lowest BCUT2D eigenvalue weighted by Gasteiger charge is -2.39. The zero-order valence-electron chi connectivity index (χ0n) is 12.0. The number of nitrogens with one attached hydrogen (secondary N) is 1. The summed E-state index contributed by atoms with van der Waals surface area (Å²) in [4.78, 5) is 2.72. The van der Waals surface area contributed by atoms with E-state index in [0.29, 0.717) is 5.41 Å². The van der Waals surface area contributed by atoms with E-state index in [-0.39, 0.29) is 0 Å². The Kier molecular flexibility index (Phi) is 4.48. The Morgan fingerprint density at radius 2 is 2.00 bits per heavy atom. The summed E-state index contributed by atoms with van der Waals surface area (Å²) in [6.07, 6.45) is 7.14. The highest BCUT2D eigenvalue weighted by Gasteiger charge is 2.32. The maximum absolute atomic E-state index is 3.68. The quantitative estimate of drug-likeness (QED) is 0.810. The number of rotatable bonds is 4. The van der Waals surface area contributed by atoms with Gasteiger partial charge in [-0.25, -0.2) is 0 Å². The third kappa shape index (κ3) is 3.96. The van der Waals surface area contributed by atoms with Crippen molar-refractivity contribution in [3.05, 3.63) is 0 Å². The van der Waals surface area contributed by atoms with Gasteiger partial charge in [-0.15, -0.1) is 0 Å². The maximum atomic E-state index is 3.68. The van der Waals surface area contributed by atoms with Crippen LogP contribution in [0.1, 0.15) is 52.9 Å². The summed E-state index contributed by atoms with van der Waals surface area (Å²) in [7, 11) is 0. The minimum Gasteiger partial charge on any atom is -0.311 e. The summed E-state index contributed by atoms with van der Waals surface area (Å²) in [5, 5.41) is 3.68. The van der Waals surface area contributed by atoms with Crippen LogP contribution in [0.25, 0.3) is 0 Å². The van der Waals surface area contributed by atoms with Crippen molar-refractivity contribution in [3.63, 3.8) is 0 Å². The molecule has 0 amide bonds. The lowest BCUT2D eigenvalue weighted by molar-refractivity contribution is 0.124. The molecule has 0 aromatic heterocycles. The van der Waals surface area contributed by atoms with Crippen LogP contribution in [0.15, 0.2) is 0 Å². The molecule has 1 atom stereocenters. The van der Waals surface area contributed by atoms with Crippen LogP contribution in [0, 0.1) is 11.3 Å². The molecule has 0 aromatic carbocycles. The maximum Gasteiger partial charge on any atom is 0.0198 e. The first-order valence-corrected chi connectivity index (χ1v) is 7.53. The molecule has 2 aliphatic rings. The number of nitrogens with zero attached hydrogens (tertiary/aromatic N) is 1. The van der Waals surface area contributed by atoms with Gasteiger partial charge in [0, 0.05) is 32.2 Å². The predicted molar refractivity (Wildman–Crippen MR) is 74.3 cm³/mol. The Balaban J connectivity index is 1.80. The van der Waals surface area contributed by atoms with Crippen LogP contribution in [0.4, 0.5) is 0 Å². The molecule has 2 rings (SSSR count). The normalized spacial score (nSPS) is 30.0. The van der Waals surface area contributed by atoms with Crippen molar-refractivity contribution in [3.8, 4) is 0 Å². The van der Waals surface area contributed by atoms with Crippen molar-refractivity contribution in [1.29, 1.82) is 0 Å². The highest BCUT2D eigenvalue weighted by molar-refractivity contribution is 4.87. The highest BCUT2D eigenvalue weighted by atomic mass is 15.2. The van der Waals surface area contributed by atoms with Gasteiger partial charge in [-0.2, -0.15) is 0 Å². The molecule has 1 unspecified atom stereocenters. The Hall–Kier alpha value is -0.0800. The molecule has 2 fully saturated rings. The van der Waals surface area contributed by atoms with Crippen molar-refractivity contribution < 1.29 is 0 Å². The SMILES string of the molecule is CC(C)CC1CN(CC2(C)CCCC2)CCN1. The lowest BCUT2D eigenvalue weighted by Crippen LogP contribution is -2.53. The fourth-order valence-corrected chi connectivity index (χ4v) is 3.69. The van der Waals surface area contributed by atoms with E-state index in [9.17, 15) is 0 Å². The van der Waals surface area contributed by atoms with E-state index in [2.05, 4.69) is 31.0 Å². The van der Waals surface area contributed by atoms with Gasteiger partial charge >= 0.3 is 0 Å². The van der Waals surface area contributed by atoms with Gasteiger partial charge in [-0.3, -0.25) is 4.90 Å². The fraction of sp³-hybridized carbons (Fsp3) is 1.00. The monoisotopic (exact) mass is 238 g/mol. The Morgan fingerprint density at radius 1 is 1.29 bits per heavy atom. The molecule has 0 bridgehead atoms. The molecule has 2 nitrogen and oxygen atoms in total. The minimum absolute atomic E-state index is 0.625. The van der Waals surface area contributed by atoms with Gasteiger partial charge in [-0.1, -0.05) is 33.6 Å². The molecule has 0 radical (unpaired) electrons. The average molecular weight is 238 g/mol. The summed E-state index contributed by atoms with van der Waals surface area (Å²) in [6.45, 7) is 12.2. The summed E-state index contributed by atoms with van der Waals surface area (Å²) >= 11 is 0. The summed E-state index contributed by atoms with van der Waals surface area (Å²) in [6, 6.07) is 0.730. The highest BCUT2D eigenvalue weighted by Crippen LogP contribution is 2.38. The average Bonchev–Trinajstić information content (AvgIpc) is 2.64. The number of hydrogen-bond donors (Lipinski definition) is 1. The number of piperazine rings is 1. The molecule has 100 valence electrons. The lowest BCUT2D eigenvalue weighted by atomic mass is 9.87. The Labute approximate surface area is 107 Å². The van der Waals surface area contributed by atoms with E-state index in [0.717, 1.165) is 12.0 Å². The first kappa shape index (κ1) is 13.4. The largest absolute Gasteiger partial charge is 0.311 e. The van der Waals surface area contributed by atoms with Crippen LogP contribution in [-0.2, 0) is 0 Å². The van der Waals surface area contributed by atoms with Crippen LogP contribution < -0.4 is 5.32 Å². The zero-order chi connectivity index (χ0) is 12.3. The van der Waals surface area contributed by atoms with Gasteiger partial charge < -0.3 is 5.32 Å². The van der Waals surface area contributed by atoms with Gasteiger partial charge in [0.15, 0.2) is 0 Å². The van der Waals surface area contributed by atoms with Gasteiger partial charge in [0.2, 0.25) is 0 Å². The second kappa shape index (κ2) is 5.71. The van der Waals surface area contributed by atoms with Gasteiger partial charge in [-0.05, 0) is 30.6 Å². The van der Waals surface area contributed by atoms with Crippen LogP contribution in [0.2, 0.25) is 0 Å². The van der Waals surface area contributed by atoms with Crippen molar-refractivity contribution >= 4 is 0 Å². The van der Waals surface area contributed by atoms with E-state index < -0.39 is 0 Å². The molecule has 17 heavy (non-hydrogen) atoms. The zero-order valence-corrected chi connectivity index (χ0v) is 12.0. The topological polar surface area (TPSA) is 15.3 Å². The molecule has 2 heteroatoms. The molecule has 1 saturated heterocycles. The second-order valence-electron chi connectivity index (χ2n) is 7.03. The first-order chi connectivity index (χ1) is 8.07. The molecule has 1 aliphatic heterocycles. The first-order valence-electron chi connectivity index (χ1n) is 7.53. The van der Waals surface area contributed by atoms with Crippen LogP contribution in [-0.4, -0.2) is 37.1 Å². The van der Waals surface area contributed by atoms with Crippen molar-refractivity contribution in [2.24, 2.45) is 11.3 Å². The van der Waals surface area contributed by atoms with Gasteiger partial charge in [0.25, 0.3) is 0 Å². The third-order valence-corrected chi connectivity index (χ3v) is 4.51. The van der Waals surface area contributed by atoms with Gasteiger partial charge in [0.1, 0.15) is 0 Å². The standard InChI is InChI=1S/C15H30N2/c1-13(2)10-14-11-17(9-8-16-14)12-15(3)6-4-5-7-15/h13-14,16H,4-12H2,1-3H3. The van der Waals surface area contributed by atoms with Crippen molar-refractivity contribution in [1.82, 2.24) is 10.2 Å². The molecule has 0 aromatic rings. The molecule has 1 aliphatic carbocycles. The predicted octanol–water partition coefficient (Wildman–Crippen LogP) is 2.89. The van der Waals surface area contributed by atoms with E-state index >= 15 is 0 Å². The van der Waals surface area contributed by atoms with E-state index in [4.69, 9.17) is 0 Å². The van der Waals surface area contributed by atoms with E-state index in [1.165, 1.54) is 58.3 Å². The molecule has 1 N–H and O–H groups in total. The molecule has 0 spiro atoms. The second-order valence-corrected chi connectivity index (χ2v) is 7.03. The summed E-state index contributed by atoms with van der Waals surface area (Å²) in [5.74, 6) is 0.814. The van der Waals surface area contributed by atoms with Gasteiger partial charge in [0.05, 0.1) is 0 Å². The van der Waals surface area contributed by atoms with Crippen molar-refractivity contribution in [2.75, 3.05) is 26.2 Å². The number of hydrogen-bond acceptors (Lipinski definition) is 2. The molecule has 1 saturated carbocycles. The molecular weight excluding hydrogens is 208 g/mol. The molecular formula is C15H30N2. The summed E-state index contributed by atoms with van der Waals surface area (Å²) in [5.41, 5.74) is 0.625. The van der Waals surface area contributed by atoms with Crippen LogP contribution in [0.3, 0.4) is 0 Å². The third-order valence-electron chi connectivity index (χ3n) is 4.51. The Bertz CT molecular complexity index is 231. The van der Waals surface area contributed by atoms with E-state index in [1.54, 1.807) is 0 Å². The van der Waals surface area contributed by atoms with Crippen LogP contribution in [0.5, 0.6) is 0 Å². The smallest absolute Gasteiger partial charge is 0.0198 e.